The van der Waals surface area contributed by atoms with E-state index in [0.29, 0.717) is 13.1 Å². The van der Waals surface area contributed by atoms with Gasteiger partial charge in [0.15, 0.2) is 6.10 Å². The van der Waals surface area contributed by atoms with Crippen LogP contribution in [0, 0.1) is 5.92 Å². The van der Waals surface area contributed by atoms with Crippen molar-refractivity contribution in [2.24, 2.45) is 5.92 Å². The lowest BCUT2D eigenvalue weighted by Crippen LogP contribution is -2.47. The molecule has 1 aliphatic heterocycles. The van der Waals surface area contributed by atoms with Gasteiger partial charge in [0.05, 0.1) is 6.10 Å². The maximum atomic E-state index is 12.5. The molecular formula is C15H21NO3. The van der Waals surface area contributed by atoms with Gasteiger partial charge in [-0.2, -0.15) is 0 Å². The van der Waals surface area contributed by atoms with Crippen LogP contribution in [0.5, 0.6) is 0 Å². The van der Waals surface area contributed by atoms with Crippen LogP contribution in [-0.4, -0.2) is 42.2 Å². The van der Waals surface area contributed by atoms with Crippen LogP contribution in [-0.2, 0) is 9.53 Å². The van der Waals surface area contributed by atoms with Crippen molar-refractivity contribution < 1.29 is 14.6 Å². The van der Waals surface area contributed by atoms with Gasteiger partial charge in [-0.15, -0.1) is 0 Å². The molecule has 4 heteroatoms. The van der Waals surface area contributed by atoms with E-state index in [-0.39, 0.29) is 11.8 Å². The number of β-amino-alcohol motifs (C(OH)–C–C–N with tert-alkyl or cyclic N) is 1. The zero-order chi connectivity index (χ0) is 13.8. The Morgan fingerprint density at radius 3 is 2.68 bits per heavy atom. The van der Waals surface area contributed by atoms with E-state index in [1.807, 2.05) is 37.3 Å². The Bertz CT molecular complexity index is 421. The second-order valence-electron chi connectivity index (χ2n) is 5.14. The predicted molar refractivity (Wildman–Crippen MR) is 72.6 cm³/mol. The maximum Gasteiger partial charge on any atom is 0.256 e. The first-order valence-corrected chi connectivity index (χ1v) is 6.68. The number of amides is 1. The first-order chi connectivity index (χ1) is 9.13. The fourth-order valence-corrected chi connectivity index (χ4v) is 2.42. The number of aliphatic hydroxyl groups is 1. The maximum absolute atomic E-state index is 12.5. The predicted octanol–water partition coefficient (Wildman–Crippen LogP) is 1.60. The smallest absolute Gasteiger partial charge is 0.256 e. The molecule has 0 aromatic heterocycles. The molecule has 1 heterocycles. The van der Waals surface area contributed by atoms with E-state index >= 15 is 0 Å². The molecule has 0 saturated carbocycles. The Hall–Kier alpha value is -1.39. The third-order valence-corrected chi connectivity index (χ3v) is 3.79. The molecule has 0 aliphatic carbocycles. The summed E-state index contributed by atoms with van der Waals surface area (Å²) in [6.07, 6.45) is -0.189. The van der Waals surface area contributed by atoms with Crippen LogP contribution in [0.3, 0.4) is 0 Å². The number of benzene rings is 1. The summed E-state index contributed by atoms with van der Waals surface area (Å²) in [5, 5.41) is 9.89. The number of methoxy groups -OCH3 is 1. The molecule has 1 N–H and O–H groups in total. The number of aliphatic hydroxyl groups excluding tert-OH is 1. The lowest BCUT2D eigenvalue weighted by molar-refractivity contribution is -0.146. The number of nitrogens with zero attached hydrogens (tertiary/aromatic N) is 1. The molecule has 4 nitrogen and oxygen atoms in total. The first-order valence-electron chi connectivity index (χ1n) is 6.68. The fraction of sp³-hybridized carbons (Fsp3) is 0.533. The van der Waals surface area contributed by atoms with E-state index in [4.69, 9.17) is 4.74 Å². The minimum Gasteiger partial charge on any atom is -0.391 e. The molecule has 2 rings (SSSR count). The van der Waals surface area contributed by atoms with Gasteiger partial charge in [-0.05, 0) is 17.9 Å². The Kier molecular flexibility index (Phi) is 4.56. The summed E-state index contributed by atoms with van der Waals surface area (Å²) < 4.78 is 5.34. The van der Waals surface area contributed by atoms with Crippen LogP contribution >= 0.6 is 0 Å². The molecule has 1 saturated heterocycles. The Balaban J connectivity index is 2.09. The largest absolute Gasteiger partial charge is 0.391 e. The van der Waals surface area contributed by atoms with Crippen LogP contribution < -0.4 is 0 Å². The monoisotopic (exact) mass is 263 g/mol. The average Bonchev–Trinajstić information content (AvgIpc) is 2.44. The van der Waals surface area contributed by atoms with Gasteiger partial charge in [0.1, 0.15) is 0 Å². The highest BCUT2D eigenvalue weighted by atomic mass is 16.5. The molecule has 1 aromatic rings. The quantitative estimate of drug-likeness (QED) is 0.901. The molecule has 104 valence electrons. The minimum atomic E-state index is -0.582. The topological polar surface area (TPSA) is 49.8 Å². The summed E-state index contributed by atoms with van der Waals surface area (Å²) in [5.41, 5.74) is 0.850. The Morgan fingerprint density at radius 2 is 2.11 bits per heavy atom. The molecule has 0 spiro atoms. The lowest BCUT2D eigenvalue weighted by Gasteiger charge is -2.36. The van der Waals surface area contributed by atoms with Gasteiger partial charge < -0.3 is 14.7 Å². The molecule has 19 heavy (non-hydrogen) atoms. The van der Waals surface area contributed by atoms with Gasteiger partial charge in [0.25, 0.3) is 5.91 Å². The fourth-order valence-electron chi connectivity index (χ4n) is 2.42. The van der Waals surface area contributed by atoms with Crippen molar-refractivity contribution in [2.45, 2.75) is 25.6 Å². The highest BCUT2D eigenvalue weighted by molar-refractivity contribution is 5.82. The van der Waals surface area contributed by atoms with Crippen LogP contribution in [0.1, 0.15) is 25.0 Å². The van der Waals surface area contributed by atoms with E-state index in [1.54, 1.807) is 12.0 Å². The van der Waals surface area contributed by atoms with Crippen molar-refractivity contribution in [3.05, 3.63) is 35.9 Å². The summed E-state index contributed by atoms with van der Waals surface area (Å²) in [4.78, 5) is 14.2. The summed E-state index contributed by atoms with van der Waals surface area (Å²) in [6.45, 7) is 3.09. The third-order valence-electron chi connectivity index (χ3n) is 3.79. The van der Waals surface area contributed by atoms with Crippen molar-refractivity contribution in [1.29, 1.82) is 0 Å². The van der Waals surface area contributed by atoms with Gasteiger partial charge in [-0.1, -0.05) is 37.3 Å². The zero-order valence-electron chi connectivity index (χ0n) is 11.5. The molecule has 0 bridgehead atoms. The minimum absolute atomic E-state index is 0.0698. The van der Waals surface area contributed by atoms with E-state index in [2.05, 4.69) is 0 Å². The SMILES string of the molecule is COC(C(=O)N1CCC(C)C(O)C1)c1ccccc1. The molecule has 1 amide bonds. The number of carbonyl (C=O) groups excluding carboxylic acids is 1. The van der Waals surface area contributed by atoms with Gasteiger partial charge >= 0.3 is 0 Å². The standard InChI is InChI=1S/C15H21NO3/c1-11-8-9-16(10-13(11)17)15(18)14(19-2)12-6-4-3-5-7-12/h3-7,11,13-14,17H,8-10H2,1-2H3. The molecule has 3 unspecified atom stereocenters. The van der Waals surface area contributed by atoms with E-state index in [9.17, 15) is 9.90 Å². The number of piperidine rings is 1. The molecular weight excluding hydrogens is 242 g/mol. The Morgan fingerprint density at radius 1 is 1.42 bits per heavy atom. The molecule has 0 radical (unpaired) electrons. The van der Waals surface area contributed by atoms with Gasteiger partial charge in [0, 0.05) is 20.2 Å². The van der Waals surface area contributed by atoms with Crippen molar-refractivity contribution in [3.63, 3.8) is 0 Å². The van der Waals surface area contributed by atoms with Gasteiger partial charge in [-0.25, -0.2) is 0 Å². The second kappa shape index (κ2) is 6.17. The molecule has 1 aromatic carbocycles. The second-order valence-corrected chi connectivity index (χ2v) is 5.14. The summed E-state index contributed by atoms with van der Waals surface area (Å²) in [6, 6.07) is 9.46. The number of carbonyl (C=O) groups is 1. The highest BCUT2D eigenvalue weighted by Crippen LogP contribution is 2.23. The Labute approximate surface area is 114 Å². The normalized spacial score (nSPS) is 25.1. The third kappa shape index (κ3) is 3.14. The number of rotatable bonds is 3. The summed E-state index contributed by atoms with van der Waals surface area (Å²) >= 11 is 0. The zero-order valence-corrected chi connectivity index (χ0v) is 11.5. The van der Waals surface area contributed by atoms with Crippen molar-refractivity contribution >= 4 is 5.91 Å². The molecule has 1 aliphatic rings. The molecule has 3 atom stereocenters. The van der Waals surface area contributed by atoms with Crippen LogP contribution in [0.2, 0.25) is 0 Å². The van der Waals surface area contributed by atoms with Crippen LogP contribution in [0.15, 0.2) is 30.3 Å². The van der Waals surface area contributed by atoms with Crippen molar-refractivity contribution in [2.75, 3.05) is 20.2 Å². The van der Waals surface area contributed by atoms with Crippen LogP contribution in [0.25, 0.3) is 0 Å². The average molecular weight is 263 g/mol. The van der Waals surface area contributed by atoms with E-state index in [1.165, 1.54) is 0 Å². The van der Waals surface area contributed by atoms with Crippen molar-refractivity contribution in [1.82, 2.24) is 4.90 Å². The van der Waals surface area contributed by atoms with Crippen molar-refractivity contribution in [3.8, 4) is 0 Å². The highest BCUT2D eigenvalue weighted by Gasteiger charge is 2.31. The number of hydrogen-bond donors (Lipinski definition) is 1. The summed E-state index contributed by atoms with van der Waals surface area (Å²) in [7, 11) is 1.54. The van der Waals surface area contributed by atoms with E-state index < -0.39 is 12.2 Å². The lowest BCUT2D eigenvalue weighted by atomic mass is 9.95. The molecule has 1 fully saturated rings. The summed E-state index contributed by atoms with van der Waals surface area (Å²) in [5.74, 6) is 0.182. The first kappa shape index (κ1) is 14.0. The van der Waals surface area contributed by atoms with Gasteiger partial charge in [0.2, 0.25) is 0 Å². The van der Waals surface area contributed by atoms with Crippen LogP contribution in [0.4, 0.5) is 0 Å². The van der Waals surface area contributed by atoms with E-state index in [0.717, 1.165) is 12.0 Å². The number of likely N-dealkylation sites (tertiary alicyclic amines) is 1. The van der Waals surface area contributed by atoms with Gasteiger partial charge in [-0.3, -0.25) is 4.79 Å². The number of hydrogen-bond acceptors (Lipinski definition) is 3. The number of ether oxygens (including phenoxy) is 1.